The van der Waals surface area contributed by atoms with Crippen molar-refractivity contribution in [2.24, 2.45) is 0 Å². The van der Waals surface area contributed by atoms with Gasteiger partial charge < -0.3 is 4.42 Å². The van der Waals surface area contributed by atoms with Gasteiger partial charge in [-0.3, -0.25) is 19.3 Å². The number of carbonyl (C=O) groups excluding carboxylic acids is 1. The molecule has 2 aromatic heterocycles. The number of benzene rings is 1. The van der Waals surface area contributed by atoms with Crippen LogP contribution in [-0.2, 0) is 6.42 Å². The van der Waals surface area contributed by atoms with Gasteiger partial charge in [0, 0.05) is 23.6 Å². The largest absolute Gasteiger partial charge is 0.440 e. The second-order valence-electron chi connectivity index (χ2n) is 6.60. The fourth-order valence-electron chi connectivity index (χ4n) is 3.18. The van der Waals surface area contributed by atoms with Crippen LogP contribution in [0.25, 0.3) is 16.3 Å². The maximum atomic E-state index is 12.8. The van der Waals surface area contributed by atoms with Crippen LogP contribution in [0.15, 0.2) is 81.5 Å². The van der Waals surface area contributed by atoms with Crippen molar-refractivity contribution in [1.82, 2.24) is 9.38 Å². The average molecular weight is 401 g/mol. The smallest absolute Gasteiger partial charge is 0.270 e. The molecule has 0 bridgehead atoms. The Balaban J connectivity index is 1.44. The zero-order valence-corrected chi connectivity index (χ0v) is 16.0. The van der Waals surface area contributed by atoms with Crippen molar-refractivity contribution in [3.8, 4) is 11.3 Å². The van der Waals surface area contributed by atoms with Gasteiger partial charge in [-0.05, 0) is 23.8 Å². The highest BCUT2D eigenvalue weighted by Gasteiger charge is 2.17. The average Bonchev–Trinajstić information content (AvgIpc) is 3.35. The van der Waals surface area contributed by atoms with Gasteiger partial charge in [0.2, 0.25) is 0 Å². The van der Waals surface area contributed by atoms with Gasteiger partial charge in [0.1, 0.15) is 11.3 Å². The van der Waals surface area contributed by atoms with Crippen molar-refractivity contribution in [3.05, 3.63) is 99.4 Å². The van der Waals surface area contributed by atoms with Crippen LogP contribution in [0.1, 0.15) is 21.6 Å². The molecule has 1 N–H and O–H groups in total. The van der Waals surface area contributed by atoms with Gasteiger partial charge in [-0.1, -0.05) is 42.5 Å². The first-order valence-corrected chi connectivity index (χ1v) is 9.89. The Morgan fingerprint density at radius 2 is 1.93 bits per heavy atom. The molecule has 7 heteroatoms. The quantitative estimate of drug-likeness (QED) is 0.487. The Morgan fingerprint density at radius 1 is 1.07 bits per heavy atom. The number of hydrogen-bond acceptors (Lipinski definition) is 5. The summed E-state index contributed by atoms with van der Waals surface area (Å²) in [5.41, 5.74) is 2.47. The minimum Gasteiger partial charge on any atom is -0.440 e. The molecule has 0 atom stereocenters. The Hall–Kier alpha value is -3.71. The third-order valence-corrected chi connectivity index (χ3v) is 5.46. The summed E-state index contributed by atoms with van der Waals surface area (Å²) < 4.78 is 7.07. The number of carbonyl (C=O) groups is 1. The van der Waals surface area contributed by atoms with Crippen LogP contribution in [0.4, 0.5) is 5.88 Å². The number of amides is 1. The zero-order chi connectivity index (χ0) is 19.8. The fourth-order valence-corrected chi connectivity index (χ4v) is 4.03. The minimum absolute atomic E-state index is 0.0453. The van der Waals surface area contributed by atoms with Gasteiger partial charge in [0.25, 0.3) is 11.5 Å². The molecule has 5 rings (SSSR count). The highest BCUT2D eigenvalue weighted by Crippen LogP contribution is 2.26. The molecular formula is C22H15N3O3S. The van der Waals surface area contributed by atoms with Crippen molar-refractivity contribution in [2.45, 2.75) is 6.42 Å². The lowest BCUT2D eigenvalue weighted by Gasteiger charge is -2.06. The first-order chi connectivity index (χ1) is 14.2. The van der Waals surface area contributed by atoms with E-state index in [0.717, 1.165) is 16.8 Å². The molecular weight excluding hydrogens is 386 g/mol. The Kier molecular flexibility index (Phi) is 4.22. The molecule has 1 aliphatic heterocycles. The highest BCUT2D eigenvalue weighted by molar-refractivity contribution is 7.15. The number of nitrogens with one attached hydrogen (secondary N) is 1. The molecule has 0 spiro atoms. The number of aromatic nitrogens is 2. The molecule has 0 fully saturated rings. The second kappa shape index (κ2) is 7.03. The SMILES string of the molecule is O=C(Nc1ccc2cccc-2o1)c1csc2nc(Cc3ccccc3)cn2c1=O. The van der Waals surface area contributed by atoms with E-state index in [9.17, 15) is 9.59 Å². The van der Waals surface area contributed by atoms with E-state index in [-0.39, 0.29) is 11.4 Å². The van der Waals surface area contributed by atoms with E-state index in [1.54, 1.807) is 12.3 Å². The van der Waals surface area contributed by atoms with Crippen LogP contribution in [0.5, 0.6) is 0 Å². The van der Waals surface area contributed by atoms with Crippen molar-refractivity contribution >= 4 is 28.1 Å². The number of fused-ring (bicyclic) bond motifs is 2. The Bertz CT molecular complexity index is 1350. The van der Waals surface area contributed by atoms with E-state index in [1.807, 2.05) is 54.6 Å². The standard InChI is InChI=1S/C22H15N3O3S/c26-20(24-19-10-9-15-7-4-8-18(15)28-19)17-13-29-22-23-16(12-25(22)21(17)27)11-14-5-2-1-3-6-14/h1-10,12-13H,11H2,(H,24,26). The van der Waals surface area contributed by atoms with E-state index in [0.29, 0.717) is 17.1 Å². The third kappa shape index (κ3) is 3.32. The molecule has 1 amide bonds. The molecule has 6 nitrogen and oxygen atoms in total. The van der Waals surface area contributed by atoms with Crippen LogP contribution >= 0.6 is 11.3 Å². The Morgan fingerprint density at radius 3 is 2.79 bits per heavy atom. The molecule has 1 aliphatic carbocycles. The van der Waals surface area contributed by atoms with Gasteiger partial charge in [-0.25, -0.2) is 4.98 Å². The third-order valence-electron chi connectivity index (χ3n) is 4.61. The van der Waals surface area contributed by atoms with E-state index in [1.165, 1.54) is 21.1 Å². The van der Waals surface area contributed by atoms with E-state index < -0.39 is 11.5 Å². The number of hydrogen-bond donors (Lipinski definition) is 1. The monoisotopic (exact) mass is 401 g/mol. The summed E-state index contributed by atoms with van der Waals surface area (Å²) in [4.78, 5) is 30.6. The first kappa shape index (κ1) is 17.4. The molecule has 0 saturated carbocycles. The summed E-state index contributed by atoms with van der Waals surface area (Å²) in [5, 5.41) is 4.19. The van der Waals surface area contributed by atoms with Gasteiger partial charge in [0.05, 0.1) is 5.69 Å². The van der Waals surface area contributed by atoms with Crippen molar-refractivity contribution < 1.29 is 9.21 Å². The summed E-state index contributed by atoms with van der Waals surface area (Å²) in [6, 6.07) is 19.0. The highest BCUT2D eigenvalue weighted by atomic mass is 32.1. The van der Waals surface area contributed by atoms with Crippen molar-refractivity contribution in [2.75, 3.05) is 5.32 Å². The lowest BCUT2D eigenvalue weighted by molar-refractivity contribution is 0.102. The molecule has 0 radical (unpaired) electrons. The maximum Gasteiger partial charge on any atom is 0.270 e. The van der Waals surface area contributed by atoms with Crippen LogP contribution in [0.3, 0.4) is 0 Å². The molecule has 0 unspecified atom stereocenters. The predicted molar refractivity (Wildman–Crippen MR) is 112 cm³/mol. The van der Waals surface area contributed by atoms with Crippen LogP contribution < -0.4 is 10.9 Å². The molecule has 3 heterocycles. The Labute approximate surface area is 169 Å². The predicted octanol–water partition coefficient (Wildman–Crippen LogP) is 4.30. The van der Waals surface area contributed by atoms with Gasteiger partial charge >= 0.3 is 0 Å². The summed E-state index contributed by atoms with van der Waals surface area (Å²) in [6.45, 7) is 0. The number of anilines is 1. The number of rotatable bonds is 4. The summed E-state index contributed by atoms with van der Waals surface area (Å²) in [5.74, 6) is 0.443. The summed E-state index contributed by atoms with van der Waals surface area (Å²) in [7, 11) is 0. The van der Waals surface area contributed by atoms with E-state index >= 15 is 0 Å². The molecule has 29 heavy (non-hydrogen) atoms. The number of imidazole rings is 1. The zero-order valence-electron chi connectivity index (χ0n) is 15.2. The lowest BCUT2D eigenvalue weighted by atomic mass is 10.1. The fraction of sp³-hybridized carbons (Fsp3) is 0.0455. The van der Waals surface area contributed by atoms with E-state index in [2.05, 4.69) is 10.3 Å². The summed E-state index contributed by atoms with van der Waals surface area (Å²) >= 11 is 1.25. The normalized spacial score (nSPS) is 11.2. The lowest BCUT2D eigenvalue weighted by Crippen LogP contribution is -2.24. The number of nitrogens with zero attached hydrogens (tertiary/aromatic N) is 2. The molecule has 2 aliphatic rings. The van der Waals surface area contributed by atoms with Crippen LogP contribution in [0.2, 0.25) is 0 Å². The summed E-state index contributed by atoms with van der Waals surface area (Å²) in [6.07, 6.45) is 2.31. The topological polar surface area (TPSA) is 76.6 Å². The molecule has 0 saturated heterocycles. The minimum atomic E-state index is -0.513. The van der Waals surface area contributed by atoms with Crippen LogP contribution in [0, 0.1) is 0 Å². The maximum absolute atomic E-state index is 12.8. The van der Waals surface area contributed by atoms with Crippen LogP contribution in [-0.4, -0.2) is 15.3 Å². The molecule has 142 valence electrons. The van der Waals surface area contributed by atoms with Gasteiger partial charge in [0.15, 0.2) is 10.8 Å². The van der Waals surface area contributed by atoms with Crippen molar-refractivity contribution in [3.63, 3.8) is 0 Å². The second-order valence-corrected chi connectivity index (χ2v) is 7.44. The molecule has 1 aromatic carbocycles. The van der Waals surface area contributed by atoms with Gasteiger partial charge in [-0.2, -0.15) is 0 Å². The molecule has 3 aromatic rings. The van der Waals surface area contributed by atoms with Crippen molar-refractivity contribution in [1.29, 1.82) is 0 Å². The first-order valence-electron chi connectivity index (χ1n) is 9.01. The van der Waals surface area contributed by atoms with Gasteiger partial charge in [-0.15, -0.1) is 11.3 Å². The van der Waals surface area contributed by atoms with E-state index in [4.69, 9.17) is 4.42 Å².